The van der Waals surface area contributed by atoms with Gasteiger partial charge in [0.1, 0.15) is 4.90 Å². The quantitative estimate of drug-likeness (QED) is 0.824. The number of hydrogen-bond acceptors (Lipinski definition) is 5. The Balaban J connectivity index is 2.20. The van der Waals surface area contributed by atoms with Crippen molar-refractivity contribution in [2.24, 2.45) is 0 Å². The minimum absolute atomic E-state index is 0.0381. The second-order valence-electron chi connectivity index (χ2n) is 3.95. The molecule has 0 bridgehead atoms. The Morgan fingerprint density at radius 3 is 2.24 bits per heavy atom. The van der Waals surface area contributed by atoms with Gasteiger partial charge < -0.3 is 5.32 Å². The summed E-state index contributed by atoms with van der Waals surface area (Å²) in [5, 5.41) is 2.44. The molecule has 2 aromatic rings. The van der Waals surface area contributed by atoms with Gasteiger partial charge in [-0.25, -0.2) is 18.4 Å². The molecule has 21 heavy (non-hydrogen) atoms. The van der Waals surface area contributed by atoms with Crippen molar-refractivity contribution in [2.45, 2.75) is 4.90 Å². The Morgan fingerprint density at radius 2 is 1.71 bits per heavy atom. The molecule has 1 heterocycles. The molecule has 0 saturated carbocycles. The van der Waals surface area contributed by atoms with Crippen LogP contribution in [0.2, 0.25) is 5.28 Å². The minimum Gasteiger partial charge on any atom is -0.355 e. The van der Waals surface area contributed by atoms with Gasteiger partial charge in [0.15, 0.2) is 0 Å². The first-order chi connectivity index (χ1) is 9.92. The van der Waals surface area contributed by atoms with Gasteiger partial charge in [-0.2, -0.15) is 0 Å². The highest BCUT2D eigenvalue weighted by atomic mass is 35.5. The number of nitrogens with one attached hydrogen (secondary N) is 2. The number of rotatable bonds is 4. The van der Waals surface area contributed by atoms with Crippen molar-refractivity contribution in [1.82, 2.24) is 15.3 Å². The number of hydrogen-bond donors (Lipinski definition) is 2. The van der Waals surface area contributed by atoms with E-state index in [2.05, 4.69) is 20.0 Å². The third kappa shape index (κ3) is 3.67. The highest BCUT2D eigenvalue weighted by Gasteiger charge is 2.15. The van der Waals surface area contributed by atoms with Crippen LogP contribution in [0.25, 0.3) is 0 Å². The molecule has 7 nitrogen and oxygen atoms in total. The summed E-state index contributed by atoms with van der Waals surface area (Å²) < 4.78 is 26.5. The zero-order chi connectivity index (χ0) is 15.5. The normalized spacial score (nSPS) is 11.0. The molecule has 0 unspecified atom stereocenters. The average molecular weight is 327 g/mol. The van der Waals surface area contributed by atoms with Crippen LogP contribution in [-0.4, -0.2) is 31.3 Å². The van der Waals surface area contributed by atoms with Gasteiger partial charge >= 0.3 is 0 Å². The number of anilines is 1. The lowest BCUT2D eigenvalue weighted by molar-refractivity contribution is 0.0963. The van der Waals surface area contributed by atoms with Crippen molar-refractivity contribution in [1.29, 1.82) is 0 Å². The molecule has 1 aromatic heterocycles. The Hall–Kier alpha value is -2.19. The van der Waals surface area contributed by atoms with Crippen molar-refractivity contribution < 1.29 is 13.2 Å². The predicted molar refractivity (Wildman–Crippen MR) is 77.7 cm³/mol. The fraction of sp³-hybridized carbons (Fsp3) is 0.0833. The Bertz CT molecular complexity index is 745. The van der Waals surface area contributed by atoms with E-state index in [1.165, 1.54) is 31.3 Å². The van der Waals surface area contributed by atoms with E-state index in [-0.39, 0.29) is 16.1 Å². The third-order valence-corrected chi connectivity index (χ3v) is 4.06. The van der Waals surface area contributed by atoms with E-state index < -0.39 is 10.0 Å². The molecule has 1 amide bonds. The first kappa shape index (κ1) is 15.2. The maximum atomic E-state index is 12.1. The molecule has 0 fully saturated rings. The molecule has 1 aromatic carbocycles. The number of amides is 1. The summed E-state index contributed by atoms with van der Waals surface area (Å²) in [7, 11) is -2.29. The van der Waals surface area contributed by atoms with Crippen LogP contribution in [0.1, 0.15) is 10.4 Å². The van der Waals surface area contributed by atoms with Crippen LogP contribution in [0.3, 0.4) is 0 Å². The molecule has 0 atom stereocenters. The van der Waals surface area contributed by atoms with Crippen LogP contribution in [0.15, 0.2) is 41.6 Å². The molecule has 9 heteroatoms. The fourth-order valence-electron chi connectivity index (χ4n) is 1.49. The second-order valence-corrected chi connectivity index (χ2v) is 5.97. The summed E-state index contributed by atoms with van der Waals surface area (Å²) in [4.78, 5) is 18.5. The predicted octanol–water partition coefficient (Wildman–Crippen LogP) is 1.29. The lowest BCUT2D eigenvalue weighted by Gasteiger charge is -2.08. The summed E-state index contributed by atoms with van der Waals surface area (Å²) >= 11 is 5.51. The number of benzene rings is 1. The first-order valence-electron chi connectivity index (χ1n) is 5.75. The SMILES string of the molecule is CNC(=O)c1ccc(NS(=O)(=O)c2cnc(Cl)nc2)cc1. The maximum absolute atomic E-state index is 12.1. The molecule has 0 aliphatic carbocycles. The minimum atomic E-state index is -3.80. The molecule has 0 radical (unpaired) electrons. The summed E-state index contributed by atoms with van der Waals surface area (Å²) in [6.45, 7) is 0. The average Bonchev–Trinajstić information content (AvgIpc) is 2.47. The van der Waals surface area contributed by atoms with E-state index in [0.717, 1.165) is 12.4 Å². The van der Waals surface area contributed by atoms with Crippen LogP contribution in [0.5, 0.6) is 0 Å². The number of carbonyl (C=O) groups excluding carboxylic acids is 1. The van der Waals surface area contributed by atoms with E-state index in [0.29, 0.717) is 11.3 Å². The maximum Gasteiger partial charge on any atom is 0.264 e. The van der Waals surface area contributed by atoms with Crippen molar-refractivity contribution >= 4 is 33.2 Å². The molecular formula is C12H11ClN4O3S. The Kier molecular flexibility index (Phi) is 4.39. The summed E-state index contributed by atoms with van der Waals surface area (Å²) in [5.74, 6) is -0.254. The number of nitrogens with zero attached hydrogens (tertiary/aromatic N) is 2. The van der Waals surface area contributed by atoms with E-state index in [1.54, 1.807) is 0 Å². The number of halogens is 1. The van der Waals surface area contributed by atoms with Crippen molar-refractivity contribution in [3.05, 3.63) is 47.5 Å². The van der Waals surface area contributed by atoms with Gasteiger partial charge in [-0.3, -0.25) is 9.52 Å². The summed E-state index contributed by atoms with van der Waals surface area (Å²) in [6.07, 6.45) is 2.22. The third-order valence-electron chi connectivity index (χ3n) is 2.53. The molecule has 0 aliphatic rings. The fourth-order valence-corrected chi connectivity index (χ4v) is 2.53. The van der Waals surface area contributed by atoms with Gasteiger partial charge in [0, 0.05) is 18.3 Å². The molecular weight excluding hydrogens is 316 g/mol. The number of sulfonamides is 1. The molecule has 0 spiro atoms. The Labute approximate surface area is 126 Å². The van der Waals surface area contributed by atoms with Gasteiger partial charge in [0.2, 0.25) is 5.28 Å². The van der Waals surface area contributed by atoms with Gasteiger partial charge in [-0.05, 0) is 35.9 Å². The first-order valence-corrected chi connectivity index (χ1v) is 7.61. The van der Waals surface area contributed by atoms with Gasteiger partial charge in [-0.1, -0.05) is 0 Å². The van der Waals surface area contributed by atoms with Gasteiger partial charge in [0.05, 0.1) is 12.4 Å². The van der Waals surface area contributed by atoms with Crippen LogP contribution in [-0.2, 0) is 10.0 Å². The van der Waals surface area contributed by atoms with Crippen LogP contribution < -0.4 is 10.0 Å². The standard InChI is InChI=1S/C12H11ClN4O3S/c1-14-11(18)8-2-4-9(5-3-8)17-21(19,20)10-6-15-12(13)16-7-10/h2-7,17H,1H3,(H,14,18). The summed E-state index contributed by atoms with van der Waals surface area (Å²) in [5.41, 5.74) is 0.743. The largest absolute Gasteiger partial charge is 0.355 e. The van der Waals surface area contributed by atoms with E-state index in [9.17, 15) is 13.2 Å². The van der Waals surface area contributed by atoms with Crippen LogP contribution in [0, 0.1) is 0 Å². The zero-order valence-corrected chi connectivity index (χ0v) is 12.4. The second kappa shape index (κ2) is 6.06. The monoisotopic (exact) mass is 326 g/mol. The van der Waals surface area contributed by atoms with Gasteiger partial charge in [0.25, 0.3) is 15.9 Å². The number of carbonyl (C=O) groups is 1. The van der Waals surface area contributed by atoms with E-state index >= 15 is 0 Å². The number of aromatic nitrogens is 2. The van der Waals surface area contributed by atoms with E-state index in [1.807, 2.05) is 0 Å². The topological polar surface area (TPSA) is 101 Å². The molecule has 0 saturated heterocycles. The Morgan fingerprint density at radius 1 is 1.14 bits per heavy atom. The molecule has 0 aliphatic heterocycles. The summed E-state index contributed by atoms with van der Waals surface area (Å²) in [6, 6.07) is 5.99. The lowest BCUT2D eigenvalue weighted by Crippen LogP contribution is -2.18. The van der Waals surface area contributed by atoms with E-state index in [4.69, 9.17) is 11.6 Å². The highest BCUT2D eigenvalue weighted by Crippen LogP contribution is 2.16. The highest BCUT2D eigenvalue weighted by molar-refractivity contribution is 7.92. The van der Waals surface area contributed by atoms with Crippen molar-refractivity contribution in [2.75, 3.05) is 11.8 Å². The van der Waals surface area contributed by atoms with Gasteiger partial charge in [-0.15, -0.1) is 0 Å². The van der Waals surface area contributed by atoms with Crippen LogP contribution in [0.4, 0.5) is 5.69 Å². The molecule has 110 valence electrons. The molecule has 2 rings (SSSR count). The molecule has 2 N–H and O–H groups in total. The lowest BCUT2D eigenvalue weighted by atomic mass is 10.2. The zero-order valence-electron chi connectivity index (χ0n) is 10.9. The van der Waals surface area contributed by atoms with Crippen molar-refractivity contribution in [3.8, 4) is 0 Å². The van der Waals surface area contributed by atoms with Crippen LogP contribution >= 0.6 is 11.6 Å². The van der Waals surface area contributed by atoms with Crippen molar-refractivity contribution in [3.63, 3.8) is 0 Å². The smallest absolute Gasteiger partial charge is 0.264 e.